The Morgan fingerprint density at radius 3 is 2.00 bits per heavy atom. The molecule has 0 unspecified atom stereocenters. The third-order valence-corrected chi connectivity index (χ3v) is 5.26. The lowest BCUT2D eigenvalue weighted by Crippen LogP contribution is -2.20. The largest absolute Gasteiger partial charge is 0.452 e. The van der Waals surface area contributed by atoms with Crippen molar-refractivity contribution in [1.82, 2.24) is 0 Å². The number of hydrogen-bond donors (Lipinski definition) is 1. The molecule has 0 aliphatic heterocycles. The molecule has 0 atom stereocenters. The first-order valence-electron chi connectivity index (χ1n) is 8.75. The maximum Gasteiger partial charge on any atom is 0.338 e. The summed E-state index contributed by atoms with van der Waals surface area (Å²) in [5.41, 5.74) is 2.84. The lowest BCUT2D eigenvalue weighted by atomic mass is 10.1. The molecule has 148 valence electrons. The fourth-order valence-corrected chi connectivity index (χ4v) is 3.26. The van der Waals surface area contributed by atoms with Gasteiger partial charge in [0.2, 0.25) is 0 Å². The number of ether oxygens (including phenoxy) is 1. The first kappa shape index (κ1) is 20.3. The van der Waals surface area contributed by atoms with Crippen LogP contribution in [-0.4, -0.2) is 33.2 Å². The molecule has 6 nitrogen and oxygen atoms in total. The van der Waals surface area contributed by atoms with E-state index >= 15 is 0 Å². The Morgan fingerprint density at radius 2 is 1.41 bits per heavy atom. The molecule has 0 bridgehead atoms. The number of rotatable bonds is 6. The summed E-state index contributed by atoms with van der Waals surface area (Å²) in [7, 11) is -3.34. The molecule has 7 heteroatoms. The minimum Gasteiger partial charge on any atom is -0.452 e. The van der Waals surface area contributed by atoms with Crippen molar-refractivity contribution in [2.24, 2.45) is 0 Å². The Morgan fingerprint density at radius 1 is 0.828 bits per heavy atom. The first-order valence-corrected chi connectivity index (χ1v) is 10.6. The molecule has 0 saturated heterocycles. The van der Waals surface area contributed by atoms with Crippen molar-refractivity contribution in [2.75, 3.05) is 18.2 Å². The quantitative estimate of drug-likeness (QED) is 0.629. The molecular formula is C22H19NO5S. The summed E-state index contributed by atoms with van der Waals surface area (Å²) in [4.78, 5) is 24.1. The third kappa shape index (κ3) is 5.52. The second-order valence-corrected chi connectivity index (χ2v) is 8.38. The molecule has 0 spiro atoms. The van der Waals surface area contributed by atoms with Gasteiger partial charge in [-0.3, -0.25) is 4.79 Å². The van der Waals surface area contributed by atoms with E-state index in [1.54, 1.807) is 12.1 Å². The Kier molecular flexibility index (Phi) is 6.09. The zero-order valence-corrected chi connectivity index (χ0v) is 16.5. The van der Waals surface area contributed by atoms with Gasteiger partial charge in [-0.15, -0.1) is 0 Å². The van der Waals surface area contributed by atoms with E-state index in [9.17, 15) is 18.0 Å². The molecule has 3 rings (SSSR count). The van der Waals surface area contributed by atoms with E-state index in [0.29, 0.717) is 5.69 Å². The second-order valence-electron chi connectivity index (χ2n) is 6.36. The van der Waals surface area contributed by atoms with Crippen molar-refractivity contribution in [3.05, 3.63) is 84.4 Å². The summed E-state index contributed by atoms with van der Waals surface area (Å²) in [5, 5.41) is 2.66. The fraction of sp³-hybridized carbons (Fsp3) is 0.0909. The van der Waals surface area contributed by atoms with Crippen LogP contribution >= 0.6 is 0 Å². The van der Waals surface area contributed by atoms with Crippen molar-refractivity contribution in [2.45, 2.75) is 4.90 Å². The van der Waals surface area contributed by atoms with Crippen LogP contribution < -0.4 is 5.32 Å². The summed E-state index contributed by atoms with van der Waals surface area (Å²) < 4.78 is 27.9. The highest BCUT2D eigenvalue weighted by molar-refractivity contribution is 7.90. The number of esters is 1. The number of amides is 1. The summed E-state index contributed by atoms with van der Waals surface area (Å²) in [6.07, 6.45) is 1.08. The molecule has 0 heterocycles. The average molecular weight is 409 g/mol. The van der Waals surface area contributed by atoms with E-state index in [1.165, 1.54) is 24.3 Å². The maximum atomic E-state index is 12.0. The molecule has 29 heavy (non-hydrogen) atoms. The molecule has 0 aliphatic carbocycles. The summed E-state index contributed by atoms with van der Waals surface area (Å²) in [6, 6.07) is 22.5. The topological polar surface area (TPSA) is 89.5 Å². The molecule has 1 amide bonds. The third-order valence-electron chi connectivity index (χ3n) is 4.13. The van der Waals surface area contributed by atoms with Crippen molar-refractivity contribution < 1.29 is 22.7 Å². The Labute approximate surface area is 169 Å². The van der Waals surface area contributed by atoms with E-state index < -0.39 is 28.3 Å². The van der Waals surface area contributed by atoms with Gasteiger partial charge in [0.05, 0.1) is 10.5 Å². The predicted molar refractivity (Wildman–Crippen MR) is 110 cm³/mol. The van der Waals surface area contributed by atoms with Gasteiger partial charge in [-0.05, 0) is 47.5 Å². The molecule has 3 aromatic carbocycles. The van der Waals surface area contributed by atoms with E-state index in [1.807, 2.05) is 42.5 Å². The average Bonchev–Trinajstić information content (AvgIpc) is 2.73. The van der Waals surface area contributed by atoms with Crippen molar-refractivity contribution >= 4 is 27.4 Å². The molecule has 0 radical (unpaired) electrons. The van der Waals surface area contributed by atoms with Crippen LogP contribution in [0.25, 0.3) is 11.1 Å². The normalized spacial score (nSPS) is 10.9. The van der Waals surface area contributed by atoms with Crippen LogP contribution in [0.5, 0.6) is 0 Å². The molecule has 0 aliphatic rings. The SMILES string of the molecule is CS(=O)(=O)c1ccc(C(=O)OCC(=O)Nc2ccc(-c3ccccc3)cc2)cc1. The molecule has 0 fully saturated rings. The van der Waals surface area contributed by atoms with Crippen LogP contribution in [-0.2, 0) is 19.4 Å². The van der Waals surface area contributed by atoms with E-state index in [0.717, 1.165) is 17.4 Å². The highest BCUT2D eigenvalue weighted by atomic mass is 32.2. The minimum atomic E-state index is -3.34. The van der Waals surface area contributed by atoms with Gasteiger partial charge in [-0.2, -0.15) is 0 Å². The molecule has 3 aromatic rings. The summed E-state index contributed by atoms with van der Waals surface area (Å²) >= 11 is 0. The Balaban J connectivity index is 1.54. The smallest absolute Gasteiger partial charge is 0.338 e. The van der Waals surface area contributed by atoms with E-state index in [4.69, 9.17) is 4.74 Å². The summed E-state index contributed by atoms with van der Waals surface area (Å²) in [6.45, 7) is -0.451. The zero-order valence-electron chi connectivity index (χ0n) is 15.7. The molecule has 0 saturated carbocycles. The van der Waals surface area contributed by atoms with E-state index in [2.05, 4.69) is 5.32 Å². The highest BCUT2D eigenvalue weighted by Crippen LogP contribution is 2.21. The maximum absolute atomic E-state index is 12.0. The van der Waals surface area contributed by atoms with Gasteiger partial charge in [0.25, 0.3) is 5.91 Å². The number of anilines is 1. The van der Waals surface area contributed by atoms with Crippen LogP contribution in [0.1, 0.15) is 10.4 Å². The Bertz CT molecular complexity index is 1110. The van der Waals surface area contributed by atoms with Crippen molar-refractivity contribution in [1.29, 1.82) is 0 Å². The van der Waals surface area contributed by atoms with Gasteiger partial charge < -0.3 is 10.1 Å². The second kappa shape index (κ2) is 8.70. The highest BCUT2D eigenvalue weighted by Gasteiger charge is 2.13. The Hall–Kier alpha value is -3.45. The van der Waals surface area contributed by atoms with Gasteiger partial charge in [0, 0.05) is 11.9 Å². The van der Waals surface area contributed by atoms with Gasteiger partial charge in [0.1, 0.15) is 0 Å². The van der Waals surface area contributed by atoms with Crippen molar-refractivity contribution in [3.63, 3.8) is 0 Å². The standard InChI is InChI=1S/C22H19NO5S/c1-29(26,27)20-13-9-18(10-14-20)22(25)28-15-21(24)23-19-11-7-17(8-12-19)16-5-3-2-4-6-16/h2-14H,15H2,1H3,(H,23,24). The summed E-state index contributed by atoms with van der Waals surface area (Å²) in [5.74, 6) is -1.18. The molecule has 0 aromatic heterocycles. The molecular weight excluding hydrogens is 390 g/mol. The van der Waals surface area contributed by atoms with E-state index in [-0.39, 0.29) is 10.5 Å². The van der Waals surface area contributed by atoms with Gasteiger partial charge in [0.15, 0.2) is 16.4 Å². The fourth-order valence-electron chi connectivity index (χ4n) is 2.63. The van der Waals surface area contributed by atoms with Gasteiger partial charge >= 0.3 is 5.97 Å². The molecule has 1 N–H and O–H groups in total. The van der Waals surface area contributed by atoms with Gasteiger partial charge in [-0.1, -0.05) is 42.5 Å². The number of carbonyl (C=O) groups excluding carboxylic acids is 2. The van der Waals surface area contributed by atoms with Crippen LogP contribution in [0.4, 0.5) is 5.69 Å². The monoisotopic (exact) mass is 409 g/mol. The lowest BCUT2D eigenvalue weighted by molar-refractivity contribution is -0.119. The van der Waals surface area contributed by atoms with Crippen LogP contribution in [0.15, 0.2) is 83.8 Å². The van der Waals surface area contributed by atoms with Crippen LogP contribution in [0.2, 0.25) is 0 Å². The number of carbonyl (C=O) groups is 2. The number of hydrogen-bond acceptors (Lipinski definition) is 5. The number of benzene rings is 3. The van der Waals surface area contributed by atoms with Crippen LogP contribution in [0.3, 0.4) is 0 Å². The predicted octanol–water partition coefficient (Wildman–Crippen LogP) is 3.55. The van der Waals surface area contributed by atoms with Gasteiger partial charge in [-0.25, -0.2) is 13.2 Å². The zero-order chi connectivity index (χ0) is 20.9. The number of nitrogens with one attached hydrogen (secondary N) is 1. The lowest BCUT2D eigenvalue weighted by Gasteiger charge is -2.08. The number of sulfone groups is 1. The first-order chi connectivity index (χ1) is 13.8. The van der Waals surface area contributed by atoms with Crippen molar-refractivity contribution in [3.8, 4) is 11.1 Å². The van der Waals surface area contributed by atoms with Crippen LogP contribution in [0, 0.1) is 0 Å². The minimum absolute atomic E-state index is 0.103.